The largest absolute Gasteiger partial charge is 0.481 e. The summed E-state index contributed by atoms with van der Waals surface area (Å²) >= 11 is 1.56. The van der Waals surface area contributed by atoms with Crippen LogP contribution in [-0.4, -0.2) is 33.7 Å². The minimum absolute atomic E-state index is 0.0708. The molecule has 2 rings (SSSR count). The number of hydrogen-bond donors (Lipinski definition) is 2. The van der Waals surface area contributed by atoms with Crippen molar-refractivity contribution in [1.82, 2.24) is 15.5 Å². The first-order valence-electron chi connectivity index (χ1n) is 7.49. The summed E-state index contributed by atoms with van der Waals surface area (Å²) in [5.41, 5.74) is 0.913. The van der Waals surface area contributed by atoms with E-state index in [1.165, 1.54) is 0 Å². The maximum atomic E-state index is 11.7. The second-order valence-electron chi connectivity index (χ2n) is 5.08. The summed E-state index contributed by atoms with van der Waals surface area (Å²) in [5.74, 6) is 0.136. The number of amides is 1. The summed E-state index contributed by atoms with van der Waals surface area (Å²) in [5, 5.41) is 19.1. The standard InChI is InChI=1S/C15H19N3O4S/c19-12(16-8-3-1-2-4-14(20)21)5-6-13-17-15(18-22-13)11-7-9-23-10-11/h7,9-10H,1-6,8H2,(H,16,19)(H,20,21). The van der Waals surface area contributed by atoms with Crippen LogP contribution in [0.4, 0.5) is 0 Å². The molecular formula is C15H19N3O4S. The fraction of sp³-hybridized carbons (Fsp3) is 0.467. The lowest BCUT2D eigenvalue weighted by atomic mass is 10.2. The zero-order valence-corrected chi connectivity index (χ0v) is 13.5. The fourth-order valence-corrected chi connectivity index (χ4v) is 2.61. The normalized spacial score (nSPS) is 10.6. The van der Waals surface area contributed by atoms with E-state index in [-0.39, 0.29) is 12.3 Å². The van der Waals surface area contributed by atoms with Gasteiger partial charge in [-0.15, -0.1) is 0 Å². The quantitative estimate of drug-likeness (QED) is 0.645. The Morgan fingerprint density at radius 3 is 2.87 bits per heavy atom. The number of carbonyl (C=O) groups is 2. The Balaban J connectivity index is 1.60. The molecule has 2 aromatic heterocycles. The second kappa shape index (κ2) is 9.04. The number of carboxylic acids is 1. The van der Waals surface area contributed by atoms with Crippen LogP contribution in [-0.2, 0) is 16.0 Å². The van der Waals surface area contributed by atoms with Crippen molar-refractivity contribution in [2.75, 3.05) is 6.54 Å². The van der Waals surface area contributed by atoms with Crippen molar-refractivity contribution in [1.29, 1.82) is 0 Å². The zero-order chi connectivity index (χ0) is 16.5. The number of thiophene rings is 1. The lowest BCUT2D eigenvalue weighted by Gasteiger charge is -2.03. The lowest BCUT2D eigenvalue weighted by molar-refractivity contribution is -0.137. The highest BCUT2D eigenvalue weighted by molar-refractivity contribution is 7.08. The van der Waals surface area contributed by atoms with Crippen LogP contribution >= 0.6 is 11.3 Å². The van der Waals surface area contributed by atoms with Gasteiger partial charge >= 0.3 is 5.97 Å². The average Bonchev–Trinajstić information content (AvgIpc) is 3.18. The molecule has 0 saturated carbocycles. The van der Waals surface area contributed by atoms with E-state index >= 15 is 0 Å². The monoisotopic (exact) mass is 337 g/mol. The van der Waals surface area contributed by atoms with Gasteiger partial charge in [0.05, 0.1) is 0 Å². The van der Waals surface area contributed by atoms with E-state index in [1.807, 2.05) is 16.8 Å². The molecule has 0 radical (unpaired) electrons. The highest BCUT2D eigenvalue weighted by Crippen LogP contribution is 2.18. The third-order valence-corrected chi connectivity index (χ3v) is 3.89. The predicted octanol–water partition coefficient (Wildman–Crippen LogP) is 2.49. The molecule has 0 saturated heterocycles. The van der Waals surface area contributed by atoms with Crippen molar-refractivity contribution in [2.45, 2.75) is 38.5 Å². The summed E-state index contributed by atoms with van der Waals surface area (Å²) in [7, 11) is 0. The molecule has 124 valence electrons. The molecule has 0 spiro atoms. The Kier molecular flexibility index (Phi) is 6.74. The van der Waals surface area contributed by atoms with Gasteiger partial charge < -0.3 is 14.9 Å². The Hall–Kier alpha value is -2.22. The number of aryl methyl sites for hydroxylation is 1. The molecule has 2 heterocycles. The van der Waals surface area contributed by atoms with E-state index in [1.54, 1.807) is 11.3 Å². The predicted molar refractivity (Wildman–Crippen MR) is 85.0 cm³/mol. The number of unbranched alkanes of at least 4 members (excludes halogenated alkanes) is 2. The van der Waals surface area contributed by atoms with Gasteiger partial charge in [-0.1, -0.05) is 11.6 Å². The smallest absolute Gasteiger partial charge is 0.303 e. The Bertz CT molecular complexity index is 624. The van der Waals surface area contributed by atoms with Gasteiger partial charge in [0.2, 0.25) is 17.6 Å². The van der Waals surface area contributed by atoms with Crippen LogP contribution in [0.1, 0.15) is 38.0 Å². The maximum Gasteiger partial charge on any atom is 0.303 e. The number of rotatable bonds is 10. The van der Waals surface area contributed by atoms with Crippen molar-refractivity contribution in [3.63, 3.8) is 0 Å². The van der Waals surface area contributed by atoms with E-state index in [0.29, 0.717) is 37.5 Å². The first-order valence-corrected chi connectivity index (χ1v) is 8.43. The first kappa shape index (κ1) is 17.1. The number of carboxylic acid groups (broad SMARTS) is 1. The molecule has 0 aliphatic heterocycles. The molecule has 23 heavy (non-hydrogen) atoms. The average molecular weight is 337 g/mol. The summed E-state index contributed by atoms with van der Waals surface area (Å²) in [4.78, 5) is 26.3. The number of carbonyl (C=O) groups excluding carboxylic acids is 1. The minimum Gasteiger partial charge on any atom is -0.481 e. The summed E-state index contributed by atoms with van der Waals surface area (Å²) < 4.78 is 5.13. The van der Waals surface area contributed by atoms with Crippen LogP contribution in [0.3, 0.4) is 0 Å². The Morgan fingerprint density at radius 1 is 1.26 bits per heavy atom. The van der Waals surface area contributed by atoms with Crippen LogP contribution in [0.5, 0.6) is 0 Å². The van der Waals surface area contributed by atoms with E-state index in [9.17, 15) is 9.59 Å². The molecular weight excluding hydrogens is 318 g/mol. The molecule has 0 aliphatic carbocycles. The minimum atomic E-state index is -0.782. The van der Waals surface area contributed by atoms with Crippen molar-refractivity contribution in [2.24, 2.45) is 0 Å². The molecule has 0 atom stereocenters. The van der Waals surface area contributed by atoms with Crippen LogP contribution in [0.2, 0.25) is 0 Å². The molecule has 1 amide bonds. The fourth-order valence-electron chi connectivity index (χ4n) is 1.98. The van der Waals surface area contributed by atoms with Gasteiger partial charge in [-0.2, -0.15) is 16.3 Å². The van der Waals surface area contributed by atoms with Crippen LogP contribution in [0.15, 0.2) is 21.3 Å². The lowest BCUT2D eigenvalue weighted by Crippen LogP contribution is -2.24. The van der Waals surface area contributed by atoms with E-state index in [0.717, 1.165) is 18.4 Å². The third-order valence-electron chi connectivity index (χ3n) is 3.20. The van der Waals surface area contributed by atoms with Gasteiger partial charge in [0, 0.05) is 36.8 Å². The second-order valence-corrected chi connectivity index (χ2v) is 5.86. The van der Waals surface area contributed by atoms with Crippen LogP contribution < -0.4 is 5.32 Å². The van der Waals surface area contributed by atoms with Gasteiger partial charge in [0.25, 0.3) is 0 Å². The summed E-state index contributed by atoms with van der Waals surface area (Å²) in [6, 6.07) is 1.91. The summed E-state index contributed by atoms with van der Waals surface area (Å²) in [6.45, 7) is 0.558. The number of aliphatic carboxylic acids is 1. The molecule has 2 N–H and O–H groups in total. The van der Waals surface area contributed by atoms with Crippen molar-refractivity contribution >= 4 is 23.2 Å². The Labute approximate surface area is 137 Å². The molecule has 0 aromatic carbocycles. The molecule has 0 unspecified atom stereocenters. The number of aromatic nitrogens is 2. The third kappa shape index (κ3) is 6.19. The van der Waals surface area contributed by atoms with Gasteiger partial charge in [0.1, 0.15) is 0 Å². The van der Waals surface area contributed by atoms with Gasteiger partial charge in [-0.25, -0.2) is 0 Å². The number of hydrogen-bond acceptors (Lipinski definition) is 6. The van der Waals surface area contributed by atoms with E-state index in [4.69, 9.17) is 9.63 Å². The molecule has 0 bridgehead atoms. The van der Waals surface area contributed by atoms with Gasteiger partial charge in [-0.05, 0) is 24.3 Å². The van der Waals surface area contributed by atoms with Gasteiger partial charge in [0.15, 0.2) is 0 Å². The number of nitrogens with zero attached hydrogens (tertiary/aromatic N) is 2. The molecule has 7 nitrogen and oxygen atoms in total. The van der Waals surface area contributed by atoms with E-state index in [2.05, 4.69) is 15.5 Å². The number of nitrogens with one attached hydrogen (secondary N) is 1. The molecule has 0 fully saturated rings. The highest BCUT2D eigenvalue weighted by atomic mass is 32.1. The first-order chi connectivity index (χ1) is 11.1. The maximum absolute atomic E-state index is 11.7. The Morgan fingerprint density at radius 2 is 2.13 bits per heavy atom. The van der Waals surface area contributed by atoms with Crippen LogP contribution in [0.25, 0.3) is 11.4 Å². The summed E-state index contributed by atoms with van der Waals surface area (Å²) in [6.07, 6.45) is 3.08. The molecule has 8 heteroatoms. The molecule has 2 aromatic rings. The zero-order valence-electron chi connectivity index (χ0n) is 12.7. The van der Waals surface area contributed by atoms with Crippen molar-refractivity contribution in [3.05, 3.63) is 22.7 Å². The molecule has 0 aliphatic rings. The topological polar surface area (TPSA) is 105 Å². The highest BCUT2D eigenvalue weighted by Gasteiger charge is 2.10. The SMILES string of the molecule is O=C(O)CCCCCNC(=O)CCc1nc(-c2ccsc2)no1. The van der Waals surface area contributed by atoms with Crippen molar-refractivity contribution < 1.29 is 19.2 Å². The van der Waals surface area contributed by atoms with Crippen molar-refractivity contribution in [3.8, 4) is 11.4 Å². The van der Waals surface area contributed by atoms with E-state index < -0.39 is 5.97 Å². The van der Waals surface area contributed by atoms with Gasteiger partial charge in [-0.3, -0.25) is 9.59 Å². The van der Waals surface area contributed by atoms with Crippen LogP contribution in [0, 0.1) is 0 Å².